The Labute approximate surface area is 136 Å². The number of hydrogen-bond donors (Lipinski definition) is 1. The number of carbonyl (C=O) groups is 1. The molecule has 1 aromatic heterocycles. The Kier molecular flexibility index (Phi) is 5.34. The summed E-state index contributed by atoms with van der Waals surface area (Å²) in [4.78, 5) is 12.8. The average Bonchev–Trinajstić information content (AvgIpc) is 2.98. The number of tetrazole rings is 1. The number of hydrogen-bond acceptors (Lipinski definition) is 4. The maximum absolute atomic E-state index is 12.8. The predicted octanol–water partition coefficient (Wildman–Crippen LogP) is 2.30. The van der Waals surface area contributed by atoms with Crippen LogP contribution in [0, 0.1) is 0 Å². The van der Waals surface area contributed by atoms with Crippen molar-refractivity contribution in [1.82, 2.24) is 25.5 Å². The van der Waals surface area contributed by atoms with Crippen molar-refractivity contribution in [3.63, 3.8) is 0 Å². The van der Waals surface area contributed by atoms with Gasteiger partial charge in [0.2, 0.25) is 5.91 Å². The summed E-state index contributed by atoms with van der Waals surface area (Å²) >= 11 is 0. The van der Waals surface area contributed by atoms with Gasteiger partial charge in [-0.1, -0.05) is 56.0 Å². The lowest BCUT2D eigenvalue weighted by Crippen LogP contribution is -2.40. The van der Waals surface area contributed by atoms with Crippen molar-refractivity contribution in [2.45, 2.75) is 57.0 Å². The number of benzene rings is 1. The first-order valence-electron chi connectivity index (χ1n) is 8.40. The first-order chi connectivity index (χ1) is 11.3. The van der Waals surface area contributed by atoms with Gasteiger partial charge < -0.3 is 5.32 Å². The molecule has 1 aliphatic rings. The normalized spacial score (nSPS) is 17.4. The van der Waals surface area contributed by atoms with E-state index >= 15 is 0 Å². The van der Waals surface area contributed by atoms with Crippen LogP contribution in [0.15, 0.2) is 36.7 Å². The van der Waals surface area contributed by atoms with Crippen molar-refractivity contribution in [3.8, 4) is 0 Å². The molecule has 0 aliphatic heterocycles. The van der Waals surface area contributed by atoms with Gasteiger partial charge in [-0.15, -0.1) is 5.10 Å². The standard InChI is InChI=1S/C17H23N5O/c23-17(19-15-10-6-1-2-7-11-15)16(22-13-18-20-21-22)12-14-8-4-3-5-9-14/h3-5,8-9,13,15-16H,1-2,6-7,10-12H2,(H,19,23)/t16-/m0/s1. The number of amides is 1. The highest BCUT2D eigenvalue weighted by atomic mass is 16.2. The van der Waals surface area contributed by atoms with Gasteiger partial charge >= 0.3 is 0 Å². The molecule has 6 nitrogen and oxygen atoms in total. The molecule has 1 heterocycles. The molecule has 1 aromatic carbocycles. The van der Waals surface area contributed by atoms with Gasteiger partial charge in [0.05, 0.1) is 0 Å². The molecule has 1 amide bonds. The van der Waals surface area contributed by atoms with E-state index < -0.39 is 6.04 Å². The fourth-order valence-corrected chi connectivity index (χ4v) is 3.18. The van der Waals surface area contributed by atoms with Crippen LogP contribution in [0.3, 0.4) is 0 Å². The maximum Gasteiger partial charge on any atom is 0.245 e. The number of aromatic nitrogens is 4. The second-order valence-corrected chi connectivity index (χ2v) is 6.19. The Morgan fingerprint density at radius 1 is 1.17 bits per heavy atom. The van der Waals surface area contributed by atoms with Crippen molar-refractivity contribution >= 4 is 5.91 Å². The molecule has 1 N–H and O–H groups in total. The summed E-state index contributed by atoms with van der Waals surface area (Å²) in [7, 11) is 0. The van der Waals surface area contributed by atoms with Gasteiger partial charge in [-0.25, -0.2) is 4.68 Å². The Morgan fingerprint density at radius 2 is 1.91 bits per heavy atom. The van der Waals surface area contributed by atoms with E-state index in [9.17, 15) is 4.79 Å². The molecule has 23 heavy (non-hydrogen) atoms. The first kappa shape index (κ1) is 15.6. The largest absolute Gasteiger partial charge is 0.352 e. The highest BCUT2D eigenvalue weighted by molar-refractivity contribution is 5.80. The molecule has 3 rings (SSSR count). The third kappa shape index (κ3) is 4.37. The summed E-state index contributed by atoms with van der Waals surface area (Å²) in [5.74, 6) is 0.00746. The first-order valence-corrected chi connectivity index (χ1v) is 8.40. The lowest BCUT2D eigenvalue weighted by molar-refractivity contribution is -0.125. The van der Waals surface area contributed by atoms with Crippen LogP contribution in [0.4, 0.5) is 0 Å². The van der Waals surface area contributed by atoms with Crippen LogP contribution in [0.5, 0.6) is 0 Å². The quantitative estimate of drug-likeness (QED) is 0.860. The fraction of sp³-hybridized carbons (Fsp3) is 0.529. The van der Waals surface area contributed by atoms with E-state index in [1.54, 1.807) is 4.68 Å². The molecule has 0 spiro atoms. The van der Waals surface area contributed by atoms with Crippen LogP contribution in [0.1, 0.15) is 50.1 Å². The van der Waals surface area contributed by atoms with Gasteiger partial charge in [0.25, 0.3) is 0 Å². The molecule has 0 saturated heterocycles. The van der Waals surface area contributed by atoms with E-state index in [0.29, 0.717) is 6.42 Å². The van der Waals surface area contributed by atoms with Crippen LogP contribution in [-0.2, 0) is 11.2 Å². The average molecular weight is 313 g/mol. The molecule has 122 valence electrons. The minimum atomic E-state index is -0.407. The second-order valence-electron chi connectivity index (χ2n) is 6.19. The Balaban J connectivity index is 1.71. The molecule has 1 atom stereocenters. The van der Waals surface area contributed by atoms with Crippen molar-refractivity contribution in [2.24, 2.45) is 0 Å². The van der Waals surface area contributed by atoms with Crippen LogP contribution < -0.4 is 5.32 Å². The van der Waals surface area contributed by atoms with E-state index in [-0.39, 0.29) is 11.9 Å². The van der Waals surface area contributed by atoms with Crippen LogP contribution in [0.25, 0.3) is 0 Å². The molecular weight excluding hydrogens is 290 g/mol. The lowest BCUT2D eigenvalue weighted by Gasteiger charge is -2.21. The van der Waals surface area contributed by atoms with E-state index in [2.05, 4.69) is 20.8 Å². The summed E-state index contributed by atoms with van der Waals surface area (Å²) in [5, 5.41) is 14.5. The third-order valence-electron chi connectivity index (χ3n) is 4.46. The highest BCUT2D eigenvalue weighted by Crippen LogP contribution is 2.19. The lowest BCUT2D eigenvalue weighted by atomic mass is 10.0. The van der Waals surface area contributed by atoms with E-state index in [1.165, 1.54) is 32.0 Å². The Bertz CT molecular complexity index is 591. The zero-order valence-corrected chi connectivity index (χ0v) is 13.3. The number of nitrogens with zero attached hydrogens (tertiary/aromatic N) is 4. The minimum absolute atomic E-state index is 0.00746. The van der Waals surface area contributed by atoms with Gasteiger partial charge in [0.15, 0.2) is 0 Å². The summed E-state index contributed by atoms with van der Waals surface area (Å²) in [5.41, 5.74) is 1.10. The van der Waals surface area contributed by atoms with Gasteiger partial charge in [-0.05, 0) is 28.8 Å². The van der Waals surface area contributed by atoms with Crippen molar-refractivity contribution < 1.29 is 4.79 Å². The van der Waals surface area contributed by atoms with Gasteiger partial charge in [0, 0.05) is 12.5 Å². The molecule has 0 unspecified atom stereocenters. The van der Waals surface area contributed by atoms with Gasteiger partial charge in [0.1, 0.15) is 12.4 Å². The van der Waals surface area contributed by atoms with Crippen LogP contribution >= 0.6 is 0 Å². The van der Waals surface area contributed by atoms with Crippen molar-refractivity contribution in [2.75, 3.05) is 0 Å². The molecule has 0 radical (unpaired) electrons. The maximum atomic E-state index is 12.8. The highest BCUT2D eigenvalue weighted by Gasteiger charge is 2.25. The SMILES string of the molecule is O=C(NC1CCCCCC1)[C@H](Cc1ccccc1)n1cnnn1. The molecule has 1 saturated carbocycles. The molecule has 6 heteroatoms. The van der Waals surface area contributed by atoms with E-state index in [4.69, 9.17) is 0 Å². The number of carbonyl (C=O) groups excluding carboxylic acids is 1. The summed E-state index contributed by atoms with van der Waals surface area (Å²) in [6.07, 6.45) is 9.17. The third-order valence-corrected chi connectivity index (χ3v) is 4.46. The monoisotopic (exact) mass is 313 g/mol. The van der Waals surface area contributed by atoms with Crippen LogP contribution in [-0.4, -0.2) is 32.2 Å². The molecule has 2 aromatic rings. The summed E-state index contributed by atoms with van der Waals surface area (Å²) in [6, 6.07) is 9.85. The van der Waals surface area contributed by atoms with Crippen LogP contribution in [0.2, 0.25) is 0 Å². The van der Waals surface area contributed by atoms with Crippen molar-refractivity contribution in [1.29, 1.82) is 0 Å². The van der Waals surface area contributed by atoms with Gasteiger partial charge in [-0.2, -0.15) is 0 Å². The molecule has 1 fully saturated rings. The summed E-state index contributed by atoms with van der Waals surface area (Å²) in [6.45, 7) is 0. The predicted molar refractivity (Wildman–Crippen MR) is 86.6 cm³/mol. The minimum Gasteiger partial charge on any atom is -0.352 e. The second kappa shape index (κ2) is 7.85. The molecule has 1 aliphatic carbocycles. The Hall–Kier alpha value is -2.24. The molecule has 0 bridgehead atoms. The molecular formula is C17H23N5O. The number of rotatable bonds is 5. The van der Waals surface area contributed by atoms with Gasteiger partial charge in [-0.3, -0.25) is 4.79 Å². The summed E-state index contributed by atoms with van der Waals surface area (Å²) < 4.78 is 1.55. The van der Waals surface area contributed by atoms with Crippen molar-refractivity contribution in [3.05, 3.63) is 42.2 Å². The zero-order chi connectivity index (χ0) is 15.9. The number of nitrogens with one attached hydrogen (secondary N) is 1. The van der Waals surface area contributed by atoms with E-state index in [1.807, 2.05) is 30.3 Å². The topological polar surface area (TPSA) is 72.7 Å². The zero-order valence-electron chi connectivity index (χ0n) is 13.3. The fourth-order valence-electron chi connectivity index (χ4n) is 3.18. The smallest absolute Gasteiger partial charge is 0.245 e. The van der Waals surface area contributed by atoms with E-state index in [0.717, 1.165) is 18.4 Å². The Morgan fingerprint density at radius 3 is 2.57 bits per heavy atom.